The molecule has 0 atom stereocenters. The Morgan fingerprint density at radius 1 is 1.50 bits per heavy atom. The average molecular weight is 212 g/mol. The first-order valence-corrected chi connectivity index (χ1v) is 5.15. The molecule has 1 fully saturated rings. The Hall–Kier alpha value is -0.730. The molecule has 1 saturated carbocycles. The van der Waals surface area contributed by atoms with Gasteiger partial charge in [0.2, 0.25) is 0 Å². The fraction of sp³-hybridized carbons (Fsp3) is 0.455. The van der Waals surface area contributed by atoms with Crippen LogP contribution in [0.4, 0.5) is 0 Å². The lowest BCUT2D eigenvalue weighted by Crippen LogP contribution is -2.24. The van der Waals surface area contributed by atoms with Crippen molar-refractivity contribution in [2.75, 3.05) is 0 Å². The van der Waals surface area contributed by atoms with Crippen LogP contribution in [0.1, 0.15) is 24.0 Å². The van der Waals surface area contributed by atoms with E-state index in [1.165, 1.54) is 0 Å². The molecule has 76 valence electrons. The van der Waals surface area contributed by atoms with Crippen LogP contribution in [0.5, 0.6) is 5.75 Å². The van der Waals surface area contributed by atoms with Crippen molar-refractivity contribution in [3.8, 4) is 5.75 Å². The summed E-state index contributed by atoms with van der Waals surface area (Å²) < 4.78 is 0. The maximum Gasteiger partial charge on any atom is 0.123 e. The summed E-state index contributed by atoms with van der Waals surface area (Å²) in [4.78, 5) is 0. The van der Waals surface area contributed by atoms with Gasteiger partial charge in [-0.2, -0.15) is 0 Å². The third kappa shape index (κ3) is 1.72. The Balaban J connectivity index is 2.35. The Morgan fingerprint density at radius 3 is 2.71 bits per heavy atom. The summed E-state index contributed by atoms with van der Waals surface area (Å²) in [5, 5.41) is 10.4. The third-order valence-corrected chi connectivity index (χ3v) is 3.20. The second-order valence-electron chi connectivity index (χ2n) is 4.23. The van der Waals surface area contributed by atoms with Crippen molar-refractivity contribution in [2.45, 2.75) is 31.7 Å². The zero-order valence-electron chi connectivity index (χ0n) is 8.18. The van der Waals surface area contributed by atoms with Crippen molar-refractivity contribution in [3.05, 3.63) is 28.3 Å². The van der Waals surface area contributed by atoms with E-state index in [-0.39, 0.29) is 5.54 Å². The van der Waals surface area contributed by atoms with Gasteiger partial charge in [0, 0.05) is 16.1 Å². The summed E-state index contributed by atoms with van der Waals surface area (Å²) in [6.07, 6.45) is 2.73. The molecular formula is C11H14ClNO. The number of nitrogens with two attached hydrogens (primary N) is 1. The predicted octanol–water partition coefficient (Wildman–Crippen LogP) is 2.39. The number of hydrogen-bond donors (Lipinski definition) is 2. The van der Waals surface area contributed by atoms with Crippen LogP contribution in [0.25, 0.3) is 0 Å². The summed E-state index contributed by atoms with van der Waals surface area (Å²) in [5.41, 5.74) is 7.53. The largest absolute Gasteiger partial charge is 0.507 e. The van der Waals surface area contributed by atoms with Gasteiger partial charge in [-0.25, -0.2) is 0 Å². The van der Waals surface area contributed by atoms with E-state index >= 15 is 0 Å². The molecular weight excluding hydrogens is 198 g/mol. The van der Waals surface area contributed by atoms with Gasteiger partial charge in [0.15, 0.2) is 0 Å². The number of rotatable bonds is 2. The van der Waals surface area contributed by atoms with E-state index in [0.717, 1.165) is 24.0 Å². The molecule has 0 spiro atoms. The molecule has 3 heteroatoms. The maximum absolute atomic E-state index is 9.83. The van der Waals surface area contributed by atoms with Crippen molar-refractivity contribution in [1.82, 2.24) is 0 Å². The van der Waals surface area contributed by atoms with E-state index in [4.69, 9.17) is 17.3 Å². The van der Waals surface area contributed by atoms with Gasteiger partial charge in [0.1, 0.15) is 5.75 Å². The molecule has 0 bridgehead atoms. The average Bonchev–Trinajstić information content (AvgIpc) is 2.86. The fourth-order valence-electron chi connectivity index (χ4n) is 1.59. The number of aryl methyl sites for hydroxylation is 1. The number of phenols is 1. The summed E-state index contributed by atoms with van der Waals surface area (Å²) in [6, 6.07) is 3.63. The lowest BCUT2D eigenvalue weighted by molar-refractivity contribution is 0.459. The van der Waals surface area contributed by atoms with Crippen LogP contribution in [0.2, 0.25) is 5.02 Å². The Labute approximate surface area is 88.7 Å². The molecule has 1 aromatic rings. The van der Waals surface area contributed by atoms with Gasteiger partial charge < -0.3 is 10.8 Å². The van der Waals surface area contributed by atoms with Gasteiger partial charge in [-0.15, -0.1) is 0 Å². The predicted molar refractivity (Wildman–Crippen MR) is 57.7 cm³/mol. The van der Waals surface area contributed by atoms with Gasteiger partial charge in [-0.05, 0) is 37.8 Å². The second-order valence-corrected chi connectivity index (χ2v) is 4.64. The van der Waals surface area contributed by atoms with Gasteiger partial charge in [0.05, 0.1) is 0 Å². The SMILES string of the molecule is Cc1ccc(Cl)c(CC2(N)CC2)c1O. The number of halogens is 1. The van der Waals surface area contributed by atoms with Crippen LogP contribution in [-0.4, -0.2) is 10.6 Å². The monoisotopic (exact) mass is 211 g/mol. The van der Waals surface area contributed by atoms with Crippen LogP contribution >= 0.6 is 11.6 Å². The molecule has 0 amide bonds. The molecule has 0 aromatic heterocycles. The van der Waals surface area contributed by atoms with Crippen molar-refractivity contribution in [3.63, 3.8) is 0 Å². The summed E-state index contributed by atoms with van der Waals surface area (Å²) in [6.45, 7) is 1.87. The molecule has 0 aliphatic heterocycles. The highest BCUT2D eigenvalue weighted by Gasteiger charge is 2.39. The molecule has 0 saturated heterocycles. The van der Waals surface area contributed by atoms with Crippen molar-refractivity contribution in [1.29, 1.82) is 0 Å². The third-order valence-electron chi connectivity index (χ3n) is 2.85. The van der Waals surface area contributed by atoms with E-state index in [9.17, 15) is 5.11 Å². The van der Waals surface area contributed by atoms with Crippen molar-refractivity contribution < 1.29 is 5.11 Å². The number of phenolic OH excluding ortho intramolecular Hbond substituents is 1. The molecule has 14 heavy (non-hydrogen) atoms. The molecule has 1 aliphatic carbocycles. The highest BCUT2D eigenvalue weighted by atomic mass is 35.5. The molecule has 2 nitrogen and oxygen atoms in total. The van der Waals surface area contributed by atoms with Gasteiger partial charge in [0.25, 0.3) is 0 Å². The normalized spacial score (nSPS) is 18.2. The van der Waals surface area contributed by atoms with E-state index in [1.807, 2.05) is 19.1 Å². The van der Waals surface area contributed by atoms with E-state index in [2.05, 4.69) is 0 Å². The van der Waals surface area contributed by atoms with Crippen LogP contribution < -0.4 is 5.73 Å². The molecule has 0 radical (unpaired) electrons. The number of aromatic hydroxyl groups is 1. The molecule has 2 rings (SSSR count). The molecule has 1 aliphatic rings. The summed E-state index contributed by atoms with van der Waals surface area (Å²) >= 11 is 6.02. The minimum Gasteiger partial charge on any atom is -0.507 e. The Kier molecular flexibility index (Phi) is 2.20. The minimum atomic E-state index is -0.116. The highest BCUT2D eigenvalue weighted by molar-refractivity contribution is 6.31. The van der Waals surface area contributed by atoms with E-state index < -0.39 is 0 Å². The van der Waals surface area contributed by atoms with E-state index in [1.54, 1.807) is 0 Å². The molecule has 0 unspecified atom stereocenters. The van der Waals surface area contributed by atoms with Gasteiger partial charge in [-0.3, -0.25) is 0 Å². The first-order valence-electron chi connectivity index (χ1n) is 4.78. The second kappa shape index (κ2) is 3.14. The standard InChI is InChI=1S/C11H14ClNO/c1-7-2-3-9(12)8(10(7)14)6-11(13)4-5-11/h2-3,14H,4-6,13H2,1H3. The summed E-state index contributed by atoms with van der Waals surface area (Å²) in [7, 11) is 0. The van der Waals surface area contributed by atoms with Gasteiger partial charge in [-0.1, -0.05) is 17.7 Å². The topological polar surface area (TPSA) is 46.2 Å². The fourth-order valence-corrected chi connectivity index (χ4v) is 1.81. The van der Waals surface area contributed by atoms with Crippen molar-refractivity contribution >= 4 is 11.6 Å². The highest BCUT2D eigenvalue weighted by Crippen LogP contribution is 2.40. The number of hydrogen-bond acceptors (Lipinski definition) is 2. The zero-order chi connectivity index (χ0) is 10.3. The lowest BCUT2D eigenvalue weighted by atomic mass is 10.0. The maximum atomic E-state index is 9.83. The van der Waals surface area contributed by atoms with Gasteiger partial charge >= 0.3 is 0 Å². The first kappa shape index (κ1) is 9.81. The molecule has 1 aromatic carbocycles. The van der Waals surface area contributed by atoms with Crippen LogP contribution in [0.15, 0.2) is 12.1 Å². The molecule has 3 N–H and O–H groups in total. The Morgan fingerprint density at radius 2 is 2.14 bits per heavy atom. The van der Waals surface area contributed by atoms with Crippen LogP contribution in [0.3, 0.4) is 0 Å². The zero-order valence-corrected chi connectivity index (χ0v) is 8.93. The first-order chi connectivity index (χ1) is 6.52. The lowest BCUT2D eigenvalue weighted by Gasteiger charge is -2.13. The quantitative estimate of drug-likeness (QED) is 0.789. The molecule has 0 heterocycles. The van der Waals surface area contributed by atoms with Crippen LogP contribution in [-0.2, 0) is 6.42 Å². The minimum absolute atomic E-state index is 0.116. The number of benzene rings is 1. The van der Waals surface area contributed by atoms with Crippen LogP contribution in [0, 0.1) is 6.92 Å². The van der Waals surface area contributed by atoms with Crippen molar-refractivity contribution in [2.24, 2.45) is 5.73 Å². The summed E-state index contributed by atoms with van der Waals surface area (Å²) in [5.74, 6) is 0.300. The smallest absolute Gasteiger partial charge is 0.123 e. The Bertz CT molecular complexity index is 372. The van der Waals surface area contributed by atoms with E-state index in [0.29, 0.717) is 17.2 Å².